The van der Waals surface area contributed by atoms with E-state index in [-0.39, 0.29) is 12.0 Å². The van der Waals surface area contributed by atoms with Gasteiger partial charge in [-0.2, -0.15) is 0 Å². The van der Waals surface area contributed by atoms with Gasteiger partial charge in [0.1, 0.15) is 0 Å². The van der Waals surface area contributed by atoms with Crippen molar-refractivity contribution >= 4 is 0 Å². The molecule has 0 radical (unpaired) electrons. The largest absolute Gasteiger partial charge is 0.390 e. The van der Waals surface area contributed by atoms with Crippen LogP contribution in [0.15, 0.2) is 34.4 Å². The van der Waals surface area contributed by atoms with Gasteiger partial charge >= 0.3 is 0 Å². The highest BCUT2D eigenvalue weighted by atomic mass is 16.3. The molecule has 0 aromatic heterocycles. The van der Waals surface area contributed by atoms with Crippen LogP contribution in [0.1, 0.15) is 119 Å². The number of aliphatic hydroxyl groups is 2. The summed E-state index contributed by atoms with van der Waals surface area (Å²) < 4.78 is 0. The molecular weight excluding hydrogens is 368 g/mol. The maximum atomic E-state index is 10.7. The van der Waals surface area contributed by atoms with Crippen molar-refractivity contribution in [1.29, 1.82) is 0 Å². The second kappa shape index (κ2) is 13.5. The van der Waals surface area contributed by atoms with Crippen LogP contribution in [0, 0.1) is 11.8 Å². The van der Waals surface area contributed by atoms with Gasteiger partial charge in [-0.15, -0.1) is 0 Å². The topological polar surface area (TPSA) is 40.5 Å². The summed E-state index contributed by atoms with van der Waals surface area (Å²) in [5.41, 5.74) is 4.98. The first kappa shape index (κ1) is 27.2. The maximum absolute atomic E-state index is 10.7. The van der Waals surface area contributed by atoms with Crippen molar-refractivity contribution in [3.63, 3.8) is 0 Å². The average molecular weight is 419 g/mol. The number of aliphatic hydroxyl groups excluding tert-OH is 1. The Morgan fingerprint density at radius 1 is 1.17 bits per heavy atom. The lowest BCUT2D eigenvalue weighted by Gasteiger charge is -2.27. The Morgan fingerprint density at radius 2 is 1.83 bits per heavy atom. The summed E-state index contributed by atoms with van der Waals surface area (Å²) in [6, 6.07) is 0. The molecule has 4 unspecified atom stereocenters. The fourth-order valence-electron chi connectivity index (χ4n) is 4.50. The molecular formula is C28H50O2. The van der Waals surface area contributed by atoms with E-state index in [0.717, 1.165) is 44.9 Å². The average Bonchev–Trinajstić information content (AvgIpc) is 2.68. The molecule has 1 rings (SSSR count). The van der Waals surface area contributed by atoms with Crippen molar-refractivity contribution in [2.45, 2.75) is 131 Å². The third kappa shape index (κ3) is 9.96. The Hall–Kier alpha value is -0.860. The molecule has 2 N–H and O–H groups in total. The smallest absolute Gasteiger partial charge is 0.0789 e. The first-order valence-corrected chi connectivity index (χ1v) is 12.5. The van der Waals surface area contributed by atoms with Crippen molar-refractivity contribution in [2.24, 2.45) is 11.8 Å². The van der Waals surface area contributed by atoms with Gasteiger partial charge in [-0.1, -0.05) is 69.8 Å². The van der Waals surface area contributed by atoms with Crippen LogP contribution in [0.4, 0.5) is 0 Å². The highest BCUT2D eigenvalue weighted by Crippen LogP contribution is 2.33. The van der Waals surface area contributed by atoms with Gasteiger partial charge in [-0.25, -0.2) is 0 Å². The Kier molecular flexibility index (Phi) is 12.3. The zero-order valence-electron chi connectivity index (χ0n) is 21.1. The third-order valence-electron chi connectivity index (χ3n) is 7.30. The first-order chi connectivity index (χ1) is 14.1. The molecule has 2 heteroatoms. The van der Waals surface area contributed by atoms with Crippen LogP contribution >= 0.6 is 0 Å². The van der Waals surface area contributed by atoms with Gasteiger partial charge in [-0.3, -0.25) is 0 Å². The van der Waals surface area contributed by atoms with Crippen molar-refractivity contribution in [1.82, 2.24) is 0 Å². The van der Waals surface area contributed by atoms with Gasteiger partial charge in [0.05, 0.1) is 11.7 Å². The summed E-state index contributed by atoms with van der Waals surface area (Å²) >= 11 is 0. The van der Waals surface area contributed by atoms with Gasteiger partial charge in [0.2, 0.25) is 0 Å². The van der Waals surface area contributed by atoms with E-state index in [0.29, 0.717) is 5.92 Å². The van der Waals surface area contributed by atoms with E-state index in [4.69, 9.17) is 0 Å². The SMILES string of the molecule is CCCC/C=C(\C)CCCC(C)(O)CCCC(C)CCC1=CC(O)C(C)C(C)=C1C. The molecule has 1 aliphatic rings. The van der Waals surface area contributed by atoms with Gasteiger partial charge in [0.25, 0.3) is 0 Å². The maximum Gasteiger partial charge on any atom is 0.0789 e. The van der Waals surface area contributed by atoms with Gasteiger partial charge < -0.3 is 10.2 Å². The second-order valence-corrected chi connectivity index (χ2v) is 10.4. The van der Waals surface area contributed by atoms with E-state index >= 15 is 0 Å². The van der Waals surface area contributed by atoms with E-state index in [2.05, 4.69) is 53.7 Å². The zero-order valence-corrected chi connectivity index (χ0v) is 21.1. The molecule has 0 spiro atoms. The molecule has 0 aromatic rings. The summed E-state index contributed by atoms with van der Waals surface area (Å²) in [4.78, 5) is 0. The monoisotopic (exact) mass is 418 g/mol. The van der Waals surface area contributed by atoms with Crippen LogP contribution in [-0.2, 0) is 0 Å². The molecule has 0 fully saturated rings. The van der Waals surface area contributed by atoms with Crippen molar-refractivity contribution in [3.05, 3.63) is 34.4 Å². The number of allylic oxidation sites excluding steroid dienone is 4. The van der Waals surface area contributed by atoms with Crippen LogP contribution in [0.5, 0.6) is 0 Å². The standard InChI is InChI=1S/C28H50O2/c1-8-9-10-13-21(2)14-11-18-28(7,30)19-12-15-22(3)16-17-26-20-27(29)25(6)23(4)24(26)5/h13,20,22,25,27,29-30H,8-12,14-19H2,1-7H3/b21-13+. The minimum atomic E-state index is -0.536. The van der Waals surface area contributed by atoms with Crippen LogP contribution in [0.3, 0.4) is 0 Å². The Morgan fingerprint density at radius 3 is 2.50 bits per heavy atom. The molecule has 0 heterocycles. The van der Waals surface area contributed by atoms with Gasteiger partial charge in [0.15, 0.2) is 0 Å². The van der Waals surface area contributed by atoms with E-state index in [1.54, 1.807) is 0 Å². The summed E-state index contributed by atoms with van der Waals surface area (Å²) in [5, 5.41) is 21.0. The predicted molar refractivity (Wildman–Crippen MR) is 132 cm³/mol. The second-order valence-electron chi connectivity index (χ2n) is 10.4. The van der Waals surface area contributed by atoms with Crippen molar-refractivity contribution in [2.75, 3.05) is 0 Å². The van der Waals surface area contributed by atoms with E-state index in [1.165, 1.54) is 48.0 Å². The first-order valence-electron chi connectivity index (χ1n) is 12.5. The van der Waals surface area contributed by atoms with E-state index in [9.17, 15) is 10.2 Å². The summed E-state index contributed by atoms with van der Waals surface area (Å²) in [6.07, 6.45) is 16.3. The quantitative estimate of drug-likeness (QED) is 0.222. The number of unbranched alkanes of at least 4 members (excludes halogenated alkanes) is 2. The van der Waals surface area contributed by atoms with E-state index < -0.39 is 5.60 Å². The summed E-state index contributed by atoms with van der Waals surface area (Å²) in [5.74, 6) is 0.888. The highest BCUT2D eigenvalue weighted by molar-refractivity contribution is 5.39. The minimum Gasteiger partial charge on any atom is -0.390 e. The van der Waals surface area contributed by atoms with Crippen molar-refractivity contribution < 1.29 is 10.2 Å². The molecule has 0 aliphatic heterocycles. The number of hydrogen-bond donors (Lipinski definition) is 2. The lowest BCUT2D eigenvalue weighted by atomic mass is 9.81. The zero-order chi connectivity index (χ0) is 22.7. The van der Waals surface area contributed by atoms with E-state index in [1.807, 2.05) is 6.92 Å². The number of rotatable bonds is 14. The van der Waals surface area contributed by atoms with Crippen LogP contribution in [0.2, 0.25) is 0 Å². The molecule has 4 atom stereocenters. The minimum absolute atomic E-state index is 0.240. The molecule has 1 aliphatic carbocycles. The third-order valence-corrected chi connectivity index (χ3v) is 7.30. The lowest BCUT2D eigenvalue weighted by molar-refractivity contribution is 0.0365. The Bertz CT molecular complexity index is 594. The lowest BCUT2D eigenvalue weighted by Crippen LogP contribution is -2.24. The van der Waals surface area contributed by atoms with Gasteiger partial charge in [-0.05, 0) is 89.7 Å². The Labute approximate surface area is 187 Å². The van der Waals surface area contributed by atoms with Gasteiger partial charge in [0, 0.05) is 5.92 Å². The Balaban J connectivity index is 2.29. The number of hydrogen-bond acceptors (Lipinski definition) is 2. The molecule has 30 heavy (non-hydrogen) atoms. The van der Waals surface area contributed by atoms with Crippen LogP contribution < -0.4 is 0 Å². The molecule has 0 amide bonds. The molecule has 0 bridgehead atoms. The van der Waals surface area contributed by atoms with Crippen LogP contribution in [0.25, 0.3) is 0 Å². The molecule has 0 saturated heterocycles. The summed E-state index contributed by atoms with van der Waals surface area (Å²) in [6.45, 7) is 15.3. The molecule has 174 valence electrons. The normalized spacial score (nSPS) is 23.4. The van der Waals surface area contributed by atoms with Crippen molar-refractivity contribution in [3.8, 4) is 0 Å². The fraction of sp³-hybridized carbons (Fsp3) is 0.786. The fourth-order valence-corrected chi connectivity index (χ4v) is 4.50. The predicted octanol–water partition coefficient (Wildman–Crippen LogP) is 7.90. The summed E-state index contributed by atoms with van der Waals surface area (Å²) in [7, 11) is 0. The molecule has 2 nitrogen and oxygen atoms in total. The molecule has 0 saturated carbocycles. The molecule has 0 aromatic carbocycles. The highest BCUT2D eigenvalue weighted by Gasteiger charge is 2.23. The van der Waals surface area contributed by atoms with Crippen LogP contribution in [-0.4, -0.2) is 21.9 Å².